The Hall–Kier alpha value is -2.08. The fourth-order valence-corrected chi connectivity index (χ4v) is 4.45. The van der Waals surface area contributed by atoms with Crippen molar-refractivity contribution in [1.29, 1.82) is 0 Å². The van der Waals surface area contributed by atoms with Crippen LogP contribution in [0.15, 0.2) is 27.6 Å². The van der Waals surface area contributed by atoms with Crippen LogP contribution in [0, 0.1) is 6.92 Å². The summed E-state index contributed by atoms with van der Waals surface area (Å²) < 4.78 is 1.96. The molecule has 0 radical (unpaired) electrons. The Bertz CT molecular complexity index is 887. The molecule has 2 N–H and O–H groups in total. The van der Waals surface area contributed by atoms with Gasteiger partial charge in [0.2, 0.25) is 4.80 Å². The second-order valence-electron chi connectivity index (χ2n) is 7.34. The topological polar surface area (TPSA) is 70.1 Å². The van der Waals surface area contributed by atoms with Gasteiger partial charge in [-0.3, -0.25) is 4.99 Å². The highest BCUT2D eigenvalue weighted by molar-refractivity contribution is 7.07. The number of phenols is 2. The van der Waals surface area contributed by atoms with Crippen LogP contribution in [0.1, 0.15) is 67.7 Å². The molecule has 0 atom stereocenters. The number of aromatic nitrogens is 1. The van der Waals surface area contributed by atoms with E-state index < -0.39 is 0 Å². The predicted octanol–water partition coefficient (Wildman–Crippen LogP) is 4.26. The summed E-state index contributed by atoms with van der Waals surface area (Å²) in [7, 11) is 0. The van der Waals surface area contributed by atoms with Crippen LogP contribution in [0.25, 0.3) is 0 Å². The average Bonchev–Trinajstić information content (AvgIpc) is 3.42. The van der Waals surface area contributed by atoms with Crippen molar-refractivity contribution in [3.05, 3.63) is 39.1 Å². The summed E-state index contributed by atoms with van der Waals surface area (Å²) in [6.45, 7) is 1.69. The van der Waals surface area contributed by atoms with Crippen LogP contribution in [0.5, 0.6) is 11.5 Å². The molecule has 0 unspecified atom stereocenters. The molecule has 0 spiro atoms. The highest BCUT2D eigenvalue weighted by Gasteiger charge is 2.28. The van der Waals surface area contributed by atoms with Crippen molar-refractivity contribution in [1.82, 2.24) is 4.68 Å². The lowest BCUT2D eigenvalue weighted by Gasteiger charge is -2.16. The second-order valence-corrected chi connectivity index (χ2v) is 8.18. The number of aromatic hydroxyl groups is 2. The third-order valence-corrected chi connectivity index (χ3v) is 6.17. The number of benzene rings is 1. The Morgan fingerprint density at radius 2 is 1.88 bits per heavy atom. The van der Waals surface area contributed by atoms with E-state index in [1.54, 1.807) is 36.6 Å². The van der Waals surface area contributed by atoms with Gasteiger partial charge in [-0.05, 0) is 44.7 Å². The number of hydrogen-bond donors (Lipinski definition) is 2. The number of rotatable bonds is 4. The van der Waals surface area contributed by atoms with Gasteiger partial charge in [0, 0.05) is 22.4 Å². The zero-order chi connectivity index (χ0) is 18.1. The lowest BCUT2D eigenvalue weighted by molar-refractivity contribution is 0.435. The molecule has 6 heteroatoms. The SMILES string of the molecule is Cc1c(O)ccc(/C=N/n2c(C3CC3)csc2=NC2CCCCC2)c1O. The molecule has 138 valence electrons. The highest BCUT2D eigenvalue weighted by Crippen LogP contribution is 2.40. The quantitative estimate of drug-likeness (QED) is 0.788. The first-order valence-corrected chi connectivity index (χ1v) is 10.3. The normalized spacial score (nSPS) is 19.5. The van der Waals surface area contributed by atoms with E-state index in [-0.39, 0.29) is 11.5 Å². The third kappa shape index (κ3) is 3.56. The standard InChI is InChI=1S/C20H25N3O2S/c1-13-18(24)10-9-15(19(13)25)11-21-23-17(14-7-8-14)12-26-20(23)22-16-5-3-2-4-6-16/h9-12,14,16,24-25H,2-8H2,1H3/b21-11+,22-20?. The van der Waals surface area contributed by atoms with E-state index in [0.717, 1.165) is 4.80 Å². The summed E-state index contributed by atoms with van der Waals surface area (Å²) in [4.78, 5) is 5.93. The van der Waals surface area contributed by atoms with Crippen LogP contribution < -0.4 is 4.80 Å². The molecule has 2 saturated carbocycles. The monoisotopic (exact) mass is 371 g/mol. The Kier molecular flexibility index (Phi) is 4.85. The van der Waals surface area contributed by atoms with Crippen molar-refractivity contribution in [2.45, 2.75) is 63.8 Å². The van der Waals surface area contributed by atoms with Gasteiger partial charge in [-0.15, -0.1) is 11.3 Å². The minimum atomic E-state index is 0.0725. The molecule has 0 saturated heterocycles. The van der Waals surface area contributed by atoms with Crippen molar-refractivity contribution in [3.63, 3.8) is 0 Å². The number of thiazole rings is 1. The van der Waals surface area contributed by atoms with Gasteiger partial charge in [-0.2, -0.15) is 5.10 Å². The summed E-state index contributed by atoms with van der Waals surface area (Å²) in [5.74, 6) is 0.742. The van der Waals surface area contributed by atoms with E-state index in [1.165, 1.54) is 50.6 Å². The van der Waals surface area contributed by atoms with Crippen LogP contribution in [0.3, 0.4) is 0 Å². The van der Waals surface area contributed by atoms with Gasteiger partial charge in [0.1, 0.15) is 11.5 Å². The molecule has 2 aliphatic carbocycles. The molecule has 0 aliphatic heterocycles. The van der Waals surface area contributed by atoms with Crippen molar-refractivity contribution >= 4 is 17.6 Å². The van der Waals surface area contributed by atoms with Crippen molar-refractivity contribution in [3.8, 4) is 11.5 Å². The Morgan fingerprint density at radius 3 is 2.62 bits per heavy atom. The zero-order valence-corrected chi connectivity index (χ0v) is 15.9. The van der Waals surface area contributed by atoms with Gasteiger partial charge < -0.3 is 10.2 Å². The van der Waals surface area contributed by atoms with Crippen LogP contribution in [-0.2, 0) is 0 Å². The molecule has 4 rings (SSSR count). The molecule has 1 aromatic carbocycles. The molecule has 26 heavy (non-hydrogen) atoms. The Morgan fingerprint density at radius 1 is 1.12 bits per heavy atom. The van der Waals surface area contributed by atoms with E-state index in [4.69, 9.17) is 4.99 Å². The summed E-state index contributed by atoms with van der Waals surface area (Å²) in [6, 6.07) is 3.67. The first kappa shape index (κ1) is 17.3. The molecule has 1 aromatic heterocycles. The largest absolute Gasteiger partial charge is 0.508 e. The van der Waals surface area contributed by atoms with Crippen LogP contribution >= 0.6 is 11.3 Å². The van der Waals surface area contributed by atoms with Crippen molar-refractivity contribution in [2.24, 2.45) is 10.1 Å². The minimum Gasteiger partial charge on any atom is -0.508 e. The van der Waals surface area contributed by atoms with Gasteiger partial charge in [-0.25, -0.2) is 4.68 Å². The number of nitrogens with zero attached hydrogens (tertiary/aromatic N) is 3. The summed E-state index contributed by atoms with van der Waals surface area (Å²) in [6.07, 6.45) is 10.3. The highest BCUT2D eigenvalue weighted by atomic mass is 32.1. The molecule has 2 aliphatic rings. The van der Waals surface area contributed by atoms with E-state index in [1.807, 2.05) is 4.68 Å². The molecule has 1 heterocycles. The summed E-state index contributed by atoms with van der Waals surface area (Å²) in [5.41, 5.74) is 2.29. The van der Waals surface area contributed by atoms with Gasteiger partial charge in [0.05, 0.1) is 18.0 Å². The lowest BCUT2D eigenvalue weighted by atomic mass is 9.96. The minimum absolute atomic E-state index is 0.0725. The molecule has 2 aromatic rings. The summed E-state index contributed by atoms with van der Waals surface area (Å²) >= 11 is 1.66. The van der Waals surface area contributed by atoms with Gasteiger partial charge in [0.25, 0.3) is 0 Å². The fraction of sp³-hybridized carbons (Fsp3) is 0.500. The zero-order valence-electron chi connectivity index (χ0n) is 15.1. The molecule has 0 amide bonds. The van der Waals surface area contributed by atoms with E-state index >= 15 is 0 Å². The number of phenolic OH excluding ortho intramolecular Hbond substituents is 2. The lowest BCUT2D eigenvalue weighted by Crippen LogP contribution is -2.19. The van der Waals surface area contributed by atoms with Crippen LogP contribution in [0.4, 0.5) is 0 Å². The molecule has 0 bridgehead atoms. The maximum atomic E-state index is 10.2. The van der Waals surface area contributed by atoms with E-state index in [9.17, 15) is 10.2 Å². The molecule has 2 fully saturated rings. The molecular formula is C20H25N3O2S. The maximum absolute atomic E-state index is 10.2. The van der Waals surface area contributed by atoms with Crippen molar-refractivity contribution in [2.75, 3.05) is 0 Å². The molecule has 5 nitrogen and oxygen atoms in total. The fourth-order valence-electron chi connectivity index (χ4n) is 3.47. The molecular weight excluding hydrogens is 346 g/mol. The second kappa shape index (κ2) is 7.27. The van der Waals surface area contributed by atoms with Crippen molar-refractivity contribution < 1.29 is 10.2 Å². The number of hydrogen-bond acceptors (Lipinski definition) is 5. The summed E-state index contributed by atoms with van der Waals surface area (Å²) in [5, 5.41) is 26.8. The predicted molar refractivity (Wildman–Crippen MR) is 104 cm³/mol. The van der Waals surface area contributed by atoms with Crippen LogP contribution in [-0.4, -0.2) is 27.1 Å². The van der Waals surface area contributed by atoms with Crippen LogP contribution in [0.2, 0.25) is 0 Å². The first-order chi connectivity index (χ1) is 12.6. The Labute approximate surface area is 157 Å². The van der Waals surface area contributed by atoms with E-state index in [0.29, 0.717) is 23.1 Å². The maximum Gasteiger partial charge on any atom is 0.206 e. The van der Waals surface area contributed by atoms with E-state index in [2.05, 4.69) is 10.5 Å². The van der Waals surface area contributed by atoms with Gasteiger partial charge in [-0.1, -0.05) is 19.3 Å². The Balaban J connectivity index is 1.69. The van der Waals surface area contributed by atoms with Gasteiger partial charge in [0.15, 0.2) is 0 Å². The first-order valence-electron chi connectivity index (χ1n) is 9.43. The van der Waals surface area contributed by atoms with Gasteiger partial charge >= 0.3 is 0 Å². The third-order valence-electron chi connectivity index (χ3n) is 5.32. The smallest absolute Gasteiger partial charge is 0.206 e. The average molecular weight is 372 g/mol.